The molecule has 8 nitrogen and oxygen atoms in total. The lowest BCUT2D eigenvalue weighted by Crippen LogP contribution is -2.45. The second-order valence-electron chi connectivity index (χ2n) is 7.41. The summed E-state index contributed by atoms with van der Waals surface area (Å²) in [6.07, 6.45) is 4.33. The standard InChI is InChI=1S/C18H31N7O/c1-4-19-18(21-14-8-10-24(12-14)17(26)13(2)3)20-11-16-23-22-15-7-5-6-9-25(15)16/h13-14H,4-12H2,1-3H3,(H2,19,20,21). The summed E-state index contributed by atoms with van der Waals surface area (Å²) in [6.45, 7) is 9.81. The van der Waals surface area contributed by atoms with E-state index in [0.717, 1.165) is 56.6 Å². The largest absolute Gasteiger partial charge is 0.357 e. The van der Waals surface area contributed by atoms with Crippen LogP contribution in [0.25, 0.3) is 0 Å². The average Bonchev–Trinajstić information content (AvgIpc) is 3.26. The van der Waals surface area contributed by atoms with Crippen LogP contribution in [0.3, 0.4) is 0 Å². The Labute approximate surface area is 155 Å². The number of rotatable bonds is 5. The minimum Gasteiger partial charge on any atom is -0.357 e. The summed E-state index contributed by atoms with van der Waals surface area (Å²) in [5, 5.41) is 15.4. The van der Waals surface area contributed by atoms with E-state index >= 15 is 0 Å². The van der Waals surface area contributed by atoms with Gasteiger partial charge in [-0.15, -0.1) is 10.2 Å². The lowest BCUT2D eigenvalue weighted by molar-refractivity contribution is -0.133. The molecule has 1 saturated heterocycles. The third kappa shape index (κ3) is 4.34. The van der Waals surface area contributed by atoms with E-state index in [1.165, 1.54) is 12.8 Å². The Kier molecular flexibility index (Phi) is 6.11. The molecule has 2 N–H and O–H groups in total. The maximum atomic E-state index is 12.2. The molecule has 0 spiro atoms. The Hall–Kier alpha value is -2.12. The minimum atomic E-state index is 0.0507. The van der Waals surface area contributed by atoms with Gasteiger partial charge in [0.25, 0.3) is 0 Å². The number of aromatic nitrogens is 3. The molecule has 1 amide bonds. The zero-order chi connectivity index (χ0) is 18.5. The maximum Gasteiger partial charge on any atom is 0.225 e. The van der Waals surface area contributed by atoms with E-state index in [1.54, 1.807) is 0 Å². The quantitative estimate of drug-likeness (QED) is 0.602. The third-order valence-corrected chi connectivity index (χ3v) is 4.99. The van der Waals surface area contributed by atoms with Gasteiger partial charge in [-0.05, 0) is 26.2 Å². The Morgan fingerprint density at radius 1 is 1.31 bits per heavy atom. The van der Waals surface area contributed by atoms with Crippen molar-refractivity contribution in [1.82, 2.24) is 30.3 Å². The number of guanidine groups is 1. The van der Waals surface area contributed by atoms with Crippen molar-refractivity contribution in [2.24, 2.45) is 10.9 Å². The molecule has 3 heterocycles. The van der Waals surface area contributed by atoms with Crippen molar-refractivity contribution < 1.29 is 4.79 Å². The number of carbonyl (C=O) groups excluding carboxylic acids is 1. The summed E-state index contributed by atoms with van der Waals surface area (Å²) < 4.78 is 2.20. The predicted octanol–water partition coefficient (Wildman–Crippen LogP) is 0.926. The molecule has 0 radical (unpaired) electrons. The molecule has 3 rings (SSSR count). The molecule has 2 aliphatic heterocycles. The Morgan fingerprint density at radius 3 is 2.92 bits per heavy atom. The molecule has 0 bridgehead atoms. The molecular weight excluding hydrogens is 330 g/mol. The molecule has 0 saturated carbocycles. The molecule has 2 aliphatic rings. The van der Waals surface area contributed by atoms with Crippen LogP contribution in [-0.4, -0.2) is 57.2 Å². The SMILES string of the molecule is CCNC(=NCc1nnc2n1CCCC2)NC1CCN(C(=O)C(C)C)C1. The van der Waals surface area contributed by atoms with Crippen LogP contribution in [0.1, 0.15) is 51.7 Å². The maximum absolute atomic E-state index is 12.2. The monoisotopic (exact) mass is 361 g/mol. The predicted molar refractivity (Wildman–Crippen MR) is 101 cm³/mol. The first kappa shape index (κ1) is 18.7. The van der Waals surface area contributed by atoms with Gasteiger partial charge in [0, 0.05) is 44.6 Å². The second-order valence-corrected chi connectivity index (χ2v) is 7.41. The van der Waals surface area contributed by atoms with Gasteiger partial charge in [-0.25, -0.2) is 4.99 Å². The van der Waals surface area contributed by atoms with Gasteiger partial charge >= 0.3 is 0 Å². The van der Waals surface area contributed by atoms with Gasteiger partial charge in [0.15, 0.2) is 11.8 Å². The molecule has 8 heteroatoms. The molecule has 1 aromatic rings. The van der Waals surface area contributed by atoms with Crippen LogP contribution < -0.4 is 10.6 Å². The summed E-state index contributed by atoms with van der Waals surface area (Å²) in [4.78, 5) is 18.8. The molecule has 1 atom stereocenters. The number of carbonyl (C=O) groups is 1. The highest BCUT2D eigenvalue weighted by Crippen LogP contribution is 2.15. The van der Waals surface area contributed by atoms with Crippen LogP contribution in [0.5, 0.6) is 0 Å². The Bertz CT molecular complexity index is 652. The smallest absolute Gasteiger partial charge is 0.225 e. The van der Waals surface area contributed by atoms with Crippen molar-refractivity contribution in [3.05, 3.63) is 11.6 Å². The number of likely N-dealkylation sites (tertiary alicyclic amines) is 1. The van der Waals surface area contributed by atoms with E-state index < -0.39 is 0 Å². The number of aryl methyl sites for hydroxylation is 1. The van der Waals surface area contributed by atoms with Crippen molar-refractivity contribution in [1.29, 1.82) is 0 Å². The fourth-order valence-electron chi connectivity index (χ4n) is 3.59. The summed E-state index contributed by atoms with van der Waals surface area (Å²) in [5.74, 6) is 3.07. The van der Waals surface area contributed by atoms with Crippen LogP contribution in [0.4, 0.5) is 0 Å². The number of nitrogens with one attached hydrogen (secondary N) is 2. The molecule has 1 aromatic heterocycles. The van der Waals surface area contributed by atoms with Crippen LogP contribution in [0.2, 0.25) is 0 Å². The molecule has 0 aromatic carbocycles. The van der Waals surface area contributed by atoms with Crippen molar-refractivity contribution >= 4 is 11.9 Å². The van der Waals surface area contributed by atoms with Crippen molar-refractivity contribution in [3.63, 3.8) is 0 Å². The topological polar surface area (TPSA) is 87.4 Å². The van der Waals surface area contributed by atoms with Gasteiger partial charge < -0.3 is 20.1 Å². The first-order chi connectivity index (χ1) is 12.6. The highest BCUT2D eigenvalue weighted by Gasteiger charge is 2.28. The third-order valence-electron chi connectivity index (χ3n) is 4.99. The van der Waals surface area contributed by atoms with Gasteiger partial charge in [-0.3, -0.25) is 4.79 Å². The molecule has 26 heavy (non-hydrogen) atoms. The molecule has 1 unspecified atom stereocenters. The average molecular weight is 361 g/mol. The Morgan fingerprint density at radius 2 is 2.15 bits per heavy atom. The van der Waals surface area contributed by atoms with Gasteiger partial charge in [-0.2, -0.15) is 0 Å². The van der Waals surface area contributed by atoms with Gasteiger partial charge in [0.1, 0.15) is 12.4 Å². The highest BCUT2D eigenvalue weighted by atomic mass is 16.2. The van der Waals surface area contributed by atoms with Gasteiger partial charge in [0.2, 0.25) is 5.91 Å². The lowest BCUT2D eigenvalue weighted by Gasteiger charge is -2.20. The number of fused-ring (bicyclic) bond motifs is 1. The fourth-order valence-corrected chi connectivity index (χ4v) is 3.59. The zero-order valence-corrected chi connectivity index (χ0v) is 16.2. The highest BCUT2D eigenvalue weighted by molar-refractivity contribution is 5.81. The Balaban J connectivity index is 1.60. The van der Waals surface area contributed by atoms with E-state index in [-0.39, 0.29) is 17.9 Å². The van der Waals surface area contributed by atoms with Crippen LogP contribution in [0, 0.1) is 5.92 Å². The first-order valence-corrected chi connectivity index (χ1v) is 9.83. The molecule has 1 fully saturated rings. The van der Waals surface area contributed by atoms with Gasteiger partial charge in [0.05, 0.1) is 0 Å². The zero-order valence-electron chi connectivity index (χ0n) is 16.2. The molecule has 144 valence electrons. The number of aliphatic imine (C=N–C) groups is 1. The van der Waals surface area contributed by atoms with Crippen molar-refractivity contribution in [2.75, 3.05) is 19.6 Å². The number of hydrogen-bond donors (Lipinski definition) is 2. The summed E-state index contributed by atoms with van der Waals surface area (Å²) in [5.41, 5.74) is 0. The normalized spacial score (nSPS) is 20.4. The van der Waals surface area contributed by atoms with E-state index in [4.69, 9.17) is 4.99 Å². The summed E-state index contributed by atoms with van der Waals surface area (Å²) >= 11 is 0. The van der Waals surface area contributed by atoms with Crippen LogP contribution in [-0.2, 0) is 24.3 Å². The fraction of sp³-hybridized carbons (Fsp3) is 0.778. The van der Waals surface area contributed by atoms with Crippen molar-refractivity contribution in [2.45, 2.75) is 65.6 Å². The minimum absolute atomic E-state index is 0.0507. The van der Waals surface area contributed by atoms with E-state index in [2.05, 4.69) is 32.3 Å². The first-order valence-electron chi connectivity index (χ1n) is 9.83. The summed E-state index contributed by atoms with van der Waals surface area (Å²) in [6, 6.07) is 0.239. The van der Waals surface area contributed by atoms with Crippen LogP contribution >= 0.6 is 0 Å². The number of amides is 1. The van der Waals surface area contributed by atoms with Gasteiger partial charge in [-0.1, -0.05) is 13.8 Å². The van der Waals surface area contributed by atoms with E-state index in [9.17, 15) is 4.79 Å². The molecule has 0 aliphatic carbocycles. The molecular formula is C18H31N7O. The second kappa shape index (κ2) is 8.51. The van der Waals surface area contributed by atoms with E-state index in [1.807, 2.05) is 18.7 Å². The van der Waals surface area contributed by atoms with E-state index in [0.29, 0.717) is 6.54 Å². The summed E-state index contributed by atoms with van der Waals surface area (Å²) in [7, 11) is 0. The lowest BCUT2D eigenvalue weighted by atomic mass is 10.2. The van der Waals surface area contributed by atoms with Crippen LogP contribution in [0.15, 0.2) is 4.99 Å². The van der Waals surface area contributed by atoms with Crippen molar-refractivity contribution in [3.8, 4) is 0 Å². The number of hydrogen-bond acceptors (Lipinski definition) is 4. The number of nitrogens with zero attached hydrogens (tertiary/aromatic N) is 5.